The summed E-state index contributed by atoms with van der Waals surface area (Å²) in [5, 5.41) is 7.12. The van der Waals surface area contributed by atoms with E-state index in [2.05, 4.69) is 20.1 Å². The molecule has 2 heterocycles. The lowest BCUT2D eigenvalue weighted by molar-refractivity contribution is -0.0354. The number of hydrogen-bond donors (Lipinski definition) is 1. The van der Waals surface area contributed by atoms with E-state index in [0.29, 0.717) is 0 Å². The van der Waals surface area contributed by atoms with Gasteiger partial charge in [-0.15, -0.1) is 0 Å². The van der Waals surface area contributed by atoms with Crippen molar-refractivity contribution >= 4 is 0 Å². The second-order valence-corrected chi connectivity index (χ2v) is 5.88. The van der Waals surface area contributed by atoms with E-state index in [4.69, 9.17) is 4.74 Å². The van der Waals surface area contributed by atoms with Crippen molar-refractivity contribution in [2.24, 2.45) is 5.92 Å². The van der Waals surface area contributed by atoms with Crippen LogP contribution in [0.2, 0.25) is 0 Å². The van der Waals surface area contributed by atoms with E-state index in [1.54, 1.807) is 0 Å². The average molecular weight is 264 g/mol. The normalized spacial score (nSPS) is 26.1. The molecule has 1 aliphatic heterocycles. The third-order valence-electron chi connectivity index (χ3n) is 4.38. The van der Waals surface area contributed by atoms with Crippen molar-refractivity contribution in [1.82, 2.24) is 20.1 Å². The van der Waals surface area contributed by atoms with Crippen LogP contribution < -0.4 is 0 Å². The third-order valence-corrected chi connectivity index (χ3v) is 4.38. The van der Waals surface area contributed by atoms with Gasteiger partial charge in [-0.05, 0) is 25.8 Å². The van der Waals surface area contributed by atoms with Crippen LogP contribution in [0.4, 0.5) is 0 Å². The molecular formula is C14H24N4O. The summed E-state index contributed by atoms with van der Waals surface area (Å²) in [6, 6.07) is 0. The highest BCUT2D eigenvalue weighted by atomic mass is 16.5. The maximum absolute atomic E-state index is 5.79. The lowest BCUT2D eigenvalue weighted by atomic mass is 10.0. The minimum atomic E-state index is 0.0438. The van der Waals surface area contributed by atoms with Crippen molar-refractivity contribution in [2.75, 3.05) is 26.2 Å². The number of nitrogens with one attached hydrogen (secondary N) is 1. The van der Waals surface area contributed by atoms with E-state index in [1.807, 2.05) is 6.92 Å². The Hall–Kier alpha value is -0.940. The summed E-state index contributed by atoms with van der Waals surface area (Å²) in [5.41, 5.74) is 0. The number of aryl methyl sites for hydroxylation is 1. The molecule has 106 valence electrons. The van der Waals surface area contributed by atoms with Crippen molar-refractivity contribution in [3.63, 3.8) is 0 Å². The minimum absolute atomic E-state index is 0.0438. The van der Waals surface area contributed by atoms with Crippen LogP contribution in [0.5, 0.6) is 0 Å². The highest BCUT2D eigenvalue weighted by Crippen LogP contribution is 2.28. The molecule has 0 spiro atoms. The van der Waals surface area contributed by atoms with Crippen molar-refractivity contribution in [1.29, 1.82) is 0 Å². The minimum Gasteiger partial charge on any atom is -0.367 e. The Morgan fingerprint density at radius 2 is 2.21 bits per heavy atom. The maximum atomic E-state index is 5.79. The van der Waals surface area contributed by atoms with Gasteiger partial charge in [-0.2, -0.15) is 5.10 Å². The zero-order valence-electron chi connectivity index (χ0n) is 11.8. The van der Waals surface area contributed by atoms with Gasteiger partial charge in [-0.3, -0.25) is 10.00 Å². The molecule has 1 atom stereocenters. The number of H-pyrrole nitrogens is 1. The van der Waals surface area contributed by atoms with Crippen LogP contribution in [0.25, 0.3) is 0 Å². The van der Waals surface area contributed by atoms with Gasteiger partial charge in [0.2, 0.25) is 0 Å². The van der Waals surface area contributed by atoms with Crippen LogP contribution in [0, 0.1) is 12.8 Å². The first kappa shape index (κ1) is 13.1. The molecule has 0 amide bonds. The first-order chi connectivity index (χ1) is 9.31. The molecule has 1 aliphatic carbocycles. The van der Waals surface area contributed by atoms with Crippen LogP contribution in [0.1, 0.15) is 49.9 Å². The molecule has 1 N–H and O–H groups in total. The Kier molecular flexibility index (Phi) is 4.13. The number of morpholine rings is 1. The fraction of sp³-hybridized carbons (Fsp3) is 0.857. The van der Waals surface area contributed by atoms with Crippen LogP contribution in [0.3, 0.4) is 0 Å². The molecule has 1 saturated carbocycles. The quantitative estimate of drug-likeness (QED) is 0.904. The Bertz CT molecular complexity index is 400. The average Bonchev–Trinajstić information content (AvgIpc) is 3.08. The van der Waals surface area contributed by atoms with Crippen LogP contribution >= 0.6 is 0 Å². The van der Waals surface area contributed by atoms with Crippen LogP contribution in [-0.2, 0) is 4.74 Å². The predicted octanol–water partition coefficient (Wildman–Crippen LogP) is 2.07. The van der Waals surface area contributed by atoms with Gasteiger partial charge in [0.25, 0.3) is 0 Å². The second-order valence-electron chi connectivity index (χ2n) is 5.88. The summed E-state index contributed by atoms with van der Waals surface area (Å²) in [6.45, 7) is 5.91. The molecule has 2 aliphatic rings. The van der Waals surface area contributed by atoms with E-state index in [-0.39, 0.29) is 6.10 Å². The van der Waals surface area contributed by atoms with E-state index < -0.39 is 0 Å². The number of nitrogens with zero attached hydrogens (tertiary/aromatic N) is 3. The molecule has 1 saturated heterocycles. The standard InChI is InChI=1S/C14H24N4O/c1-11-15-14(17-16-11)13-10-18(8-9-19-13)7-6-12-4-2-3-5-12/h12-13H,2-10H2,1H3,(H,15,16,17)/t13-/m1/s1. The molecule has 0 unspecified atom stereocenters. The van der Waals surface area contributed by atoms with Crippen molar-refractivity contribution in [2.45, 2.75) is 45.1 Å². The molecule has 1 aromatic heterocycles. The second kappa shape index (κ2) is 6.01. The van der Waals surface area contributed by atoms with Gasteiger partial charge in [-0.1, -0.05) is 25.7 Å². The van der Waals surface area contributed by atoms with Gasteiger partial charge >= 0.3 is 0 Å². The van der Waals surface area contributed by atoms with Crippen LogP contribution in [-0.4, -0.2) is 46.3 Å². The van der Waals surface area contributed by atoms with E-state index in [1.165, 1.54) is 38.6 Å². The van der Waals surface area contributed by atoms with E-state index >= 15 is 0 Å². The molecule has 0 bridgehead atoms. The predicted molar refractivity (Wildman–Crippen MR) is 72.8 cm³/mol. The smallest absolute Gasteiger partial charge is 0.180 e. The highest BCUT2D eigenvalue weighted by molar-refractivity contribution is 4.95. The number of ether oxygens (including phenoxy) is 1. The number of hydrogen-bond acceptors (Lipinski definition) is 4. The third kappa shape index (κ3) is 3.34. The molecule has 5 nitrogen and oxygen atoms in total. The first-order valence-corrected chi connectivity index (χ1v) is 7.54. The molecule has 19 heavy (non-hydrogen) atoms. The van der Waals surface area contributed by atoms with Crippen molar-refractivity contribution < 1.29 is 4.74 Å². The molecule has 1 aromatic rings. The van der Waals surface area contributed by atoms with Gasteiger partial charge in [0.05, 0.1) is 6.61 Å². The Morgan fingerprint density at radius 3 is 2.95 bits per heavy atom. The molecule has 0 radical (unpaired) electrons. The summed E-state index contributed by atoms with van der Waals surface area (Å²) >= 11 is 0. The summed E-state index contributed by atoms with van der Waals surface area (Å²) in [4.78, 5) is 6.90. The Balaban J connectivity index is 1.50. The van der Waals surface area contributed by atoms with E-state index in [0.717, 1.165) is 37.3 Å². The monoisotopic (exact) mass is 264 g/mol. The fourth-order valence-electron chi connectivity index (χ4n) is 3.23. The summed E-state index contributed by atoms with van der Waals surface area (Å²) in [7, 11) is 0. The number of rotatable bonds is 4. The zero-order valence-corrected chi connectivity index (χ0v) is 11.8. The van der Waals surface area contributed by atoms with Gasteiger partial charge in [-0.25, -0.2) is 4.98 Å². The highest BCUT2D eigenvalue weighted by Gasteiger charge is 2.25. The summed E-state index contributed by atoms with van der Waals surface area (Å²) < 4.78 is 5.79. The molecule has 5 heteroatoms. The van der Waals surface area contributed by atoms with Crippen LogP contribution in [0.15, 0.2) is 0 Å². The molecule has 0 aromatic carbocycles. The number of aromatic amines is 1. The lowest BCUT2D eigenvalue weighted by Crippen LogP contribution is -2.39. The summed E-state index contributed by atoms with van der Waals surface area (Å²) in [6.07, 6.45) is 7.14. The Labute approximate surface area is 114 Å². The summed E-state index contributed by atoms with van der Waals surface area (Å²) in [5.74, 6) is 2.64. The molecule has 2 fully saturated rings. The largest absolute Gasteiger partial charge is 0.367 e. The van der Waals surface area contributed by atoms with Gasteiger partial charge in [0.15, 0.2) is 5.82 Å². The molecule has 3 rings (SSSR count). The Morgan fingerprint density at radius 1 is 1.37 bits per heavy atom. The zero-order chi connectivity index (χ0) is 13.1. The van der Waals surface area contributed by atoms with Gasteiger partial charge in [0, 0.05) is 13.1 Å². The maximum Gasteiger partial charge on any atom is 0.180 e. The van der Waals surface area contributed by atoms with Crippen molar-refractivity contribution in [3.05, 3.63) is 11.6 Å². The topological polar surface area (TPSA) is 54.0 Å². The molecular weight excluding hydrogens is 240 g/mol. The fourth-order valence-corrected chi connectivity index (χ4v) is 3.23. The van der Waals surface area contributed by atoms with Gasteiger partial charge < -0.3 is 4.74 Å². The number of aromatic nitrogens is 3. The SMILES string of the molecule is Cc1nc([C@H]2CN(CCC3CCCC3)CCO2)n[nH]1. The van der Waals surface area contributed by atoms with Gasteiger partial charge in [0.1, 0.15) is 11.9 Å². The lowest BCUT2D eigenvalue weighted by Gasteiger charge is -2.32. The van der Waals surface area contributed by atoms with E-state index in [9.17, 15) is 0 Å². The van der Waals surface area contributed by atoms with Crippen molar-refractivity contribution in [3.8, 4) is 0 Å². The first-order valence-electron chi connectivity index (χ1n) is 7.54.